The number of likely N-dealkylation sites (tertiary alicyclic amines) is 2. The first-order valence-electron chi connectivity index (χ1n) is 12.5. The number of amides is 2. The quantitative estimate of drug-likeness (QED) is 0.580. The number of pyridine rings is 1. The molecule has 3 aliphatic rings. The number of rotatable bonds is 8. The number of piperidine rings is 1. The van der Waals surface area contributed by atoms with Crippen LogP contribution in [0.15, 0.2) is 48.7 Å². The Morgan fingerprint density at radius 3 is 2.49 bits per heavy atom. The van der Waals surface area contributed by atoms with Gasteiger partial charge in [-0.25, -0.2) is 0 Å². The second kappa shape index (κ2) is 11.0. The van der Waals surface area contributed by atoms with Crippen molar-refractivity contribution in [3.05, 3.63) is 59.9 Å². The lowest BCUT2D eigenvalue weighted by Crippen LogP contribution is -2.45. The van der Waals surface area contributed by atoms with Crippen LogP contribution in [0.25, 0.3) is 0 Å². The molecule has 1 aromatic heterocycles. The minimum Gasteiger partial charge on any atom is -0.506 e. The summed E-state index contributed by atoms with van der Waals surface area (Å²) in [6.45, 7) is 3.79. The van der Waals surface area contributed by atoms with Crippen LogP contribution in [0.2, 0.25) is 0 Å². The van der Waals surface area contributed by atoms with Crippen molar-refractivity contribution in [3.63, 3.8) is 0 Å². The topological polar surface area (TPSA) is 85.8 Å². The predicted molar refractivity (Wildman–Crippen MR) is 136 cm³/mol. The van der Waals surface area contributed by atoms with Crippen LogP contribution in [0.3, 0.4) is 0 Å². The van der Waals surface area contributed by atoms with E-state index in [-0.39, 0.29) is 47.3 Å². The van der Waals surface area contributed by atoms with E-state index in [1.165, 1.54) is 0 Å². The summed E-state index contributed by atoms with van der Waals surface area (Å²) in [7, 11) is 0. The van der Waals surface area contributed by atoms with Gasteiger partial charge in [-0.05, 0) is 69.3 Å². The fourth-order valence-corrected chi connectivity index (χ4v) is 5.40. The molecule has 2 saturated heterocycles. The lowest BCUT2D eigenvalue weighted by Gasteiger charge is -2.38. The second-order valence-electron chi connectivity index (χ2n) is 10.1. The van der Waals surface area contributed by atoms with Gasteiger partial charge in [0.25, 0.3) is 0 Å². The maximum atomic E-state index is 13.3. The largest absolute Gasteiger partial charge is 0.506 e. The molecule has 0 radical (unpaired) electrons. The standard InChI is InChI=1S/C27H34N4O3.ClH/c32-24-7-4-14-28-23(24)19-31-18-13-27(26(31)34)11-16-30(17-12-27)15-10-22(20-5-2-1-3-6-20)29-25(33)21-8-9-21;/h1-7,14,21-22,32H,8-13,15-19H2,(H,29,33);1H/t22-;/m0./s1. The molecule has 35 heavy (non-hydrogen) atoms. The first-order chi connectivity index (χ1) is 16.5. The molecule has 0 bridgehead atoms. The average Bonchev–Trinajstić information content (AvgIpc) is 3.68. The SMILES string of the molecule is Cl.O=C(N[C@@H](CCN1CCC2(CC1)CCN(Cc1ncccc1O)C2=O)c1ccccc1)C1CC1. The van der Waals surface area contributed by atoms with Crippen LogP contribution in [0.5, 0.6) is 5.75 Å². The maximum Gasteiger partial charge on any atom is 0.229 e. The van der Waals surface area contributed by atoms with Gasteiger partial charge in [0.15, 0.2) is 0 Å². The Morgan fingerprint density at radius 2 is 1.80 bits per heavy atom. The average molecular weight is 499 g/mol. The van der Waals surface area contributed by atoms with Crippen LogP contribution in [0, 0.1) is 11.3 Å². The smallest absolute Gasteiger partial charge is 0.229 e. The molecule has 1 saturated carbocycles. The van der Waals surface area contributed by atoms with Crippen LogP contribution in [-0.2, 0) is 16.1 Å². The monoisotopic (exact) mass is 498 g/mol. The van der Waals surface area contributed by atoms with Gasteiger partial charge in [0.2, 0.25) is 11.8 Å². The zero-order chi connectivity index (χ0) is 23.5. The van der Waals surface area contributed by atoms with Gasteiger partial charge in [-0.15, -0.1) is 12.4 Å². The molecular formula is C27H35ClN4O3. The molecule has 5 rings (SSSR count). The number of carbonyl (C=O) groups excluding carboxylic acids is 2. The Morgan fingerprint density at radius 1 is 1.09 bits per heavy atom. The van der Waals surface area contributed by atoms with Gasteiger partial charge in [0, 0.05) is 25.2 Å². The minimum atomic E-state index is -0.278. The van der Waals surface area contributed by atoms with E-state index in [2.05, 4.69) is 27.3 Å². The Hall–Kier alpha value is -2.64. The summed E-state index contributed by atoms with van der Waals surface area (Å²) in [6.07, 6.45) is 7.13. The Labute approximate surface area is 213 Å². The van der Waals surface area contributed by atoms with Crippen LogP contribution in [-0.4, -0.2) is 57.9 Å². The molecule has 1 aliphatic carbocycles. The molecule has 1 spiro atoms. The van der Waals surface area contributed by atoms with Crippen molar-refractivity contribution in [1.29, 1.82) is 0 Å². The Balaban J connectivity index is 0.00000289. The summed E-state index contributed by atoms with van der Waals surface area (Å²) in [5, 5.41) is 13.3. The summed E-state index contributed by atoms with van der Waals surface area (Å²) < 4.78 is 0. The number of nitrogens with zero attached hydrogens (tertiary/aromatic N) is 3. The van der Waals surface area contributed by atoms with E-state index in [0.29, 0.717) is 12.2 Å². The minimum absolute atomic E-state index is 0. The summed E-state index contributed by atoms with van der Waals surface area (Å²) in [6, 6.07) is 13.6. The molecule has 188 valence electrons. The van der Waals surface area contributed by atoms with Crippen molar-refractivity contribution in [2.45, 2.75) is 51.1 Å². The van der Waals surface area contributed by atoms with Gasteiger partial charge >= 0.3 is 0 Å². The lowest BCUT2D eigenvalue weighted by atomic mass is 9.77. The van der Waals surface area contributed by atoms with Crippen molar-refractivity contribution in [3.8, 4) is 5.75 Å². The molecule has 8 heteroatoms. The van der Waals surface area contributed by atoms with Gasteiger partial charge in [-0.3, -0.25) is 14.6 Å². The number of hydrogen-bond acceptors (Lipinski definition) is 5. The number of halogens is 1. The number of aromatic hydroxyl groups is 1. The van der Waals surface area contributed by atoms with Gasteiger partial charge in [0.05, 0.1) is 18.0 Å². The summed E-state index contributed by atoms with van der Waals surface area (Å²) in [5.74, 6) is 0.733. The Bertz CT molecular complexity index is 1020. The van der Waals surface area contributed by atoms with Gasteiger partial charge in [-0.1, -0.05) is 30.3 Å². The highest BCUT2D eigenvalue weighted by Crippen LogP contribution is 2.42. The number of benzene rings is 1. The normalized spacial score (nSPS) is 20.5. The highest BCUT2D eigenvalue weighted by atomic mass is 35.5. The first kappa shape index (κ1) is 25.5. The van der Waals surface area contributed by atoms with E-state index in [1.54, 1.807) is 18.3 Å². The summed E-state index contributed by atoms with van der Waals surface area (Å²) >= 11 is 0. The van der Waals surface area contributed by atoms with E-state index in [9.17, 15) is 14.7 Å². The van der Waals surface area contributed by atoms with Gasteiger partial charge in [-0.2, -0.15) is 0 Å². The van der Waals surface area contributed by atoms with Crippen molar-refractivity contribution in [1.82, 2.24) is 20.1 Å². The number of aromatic nitrogens is 1. The number of nitrogens with one attached hydrogen (secondary N) is 1. The highest BCUT2D eigenvalue weighted by molar-refractivity contribution is 5.85. The highest BCUT2D eigenvalue weighted by Gasteiger charge is 2.48. The number of hydrogen-bond donors (Lipinski definition) is 2. The first-order valence-corrected chi connectivity index (χ1v) is 12.5. The molecule has 2 aliphatic heterocycles. The fraction of sp³-hybridized carbons (Fsp3) is 0.519. The zero-order valence-corrected chi connectivity index (χ0v) is 20.9. The van der Waals surface area contributed by atoms with Crippen LogP contribution < -0.4 is 5.32 Å². The van der Waals surface area contributed by atoms with Crippen molar-refractivity contribution < 1.29 is 14.7 Å². The third-order valence-corrected chi connectivity index (χ3v) is 7.82. The molecular weight excluding hydrogens is 464 g/mol. The predicted octanol–water partition coefficient (Wildman–Crippen LogP) is 3.68. The van der Waals surface area contributed by atoms with Crippen LogP contribution >= 0.6 is 12.4 Å². The van der Waals surface area contributed by atoms with E-state index < -0.39 is 0 Å². The van der Waals surface area contributed by atoms with E-state index in [4.69, 9.17) is 0 Å². The van der Waals surface area contributed by atoms with Crippen LogP contribution in [0.4, 0.5) is 0 Å². The molecule has 2 aromatic rings. The zero-order valence-electron chi connectivity index (χ0n) is 20.1. The molecule has 3 heterocycles. The third kappa shape index (κ3) is 5.78. The summed E-state index contributed by atoms with van der Waals surface area (Å²) in [4.78, 5) is 34.3. The van der Waals surface area contributed by atoms with Gasteiger partial charge < -0.3 is 20.2 Å². The summed E-state index contributed by atoms with van der Waals surface area (Å²) in [5.41, 5.74) is 1.44. The molecule has 7 nitrogen and oxygen atoms in total. The van der Waals surface area contributed by atoms with Gasteiger partial charge in [0.1, 0.15) is 11.4 Å². The lowest BCUT2D eigenvalue weighted by molar-refractivity contribution is -0.139. The van der Waals surface area contributed by atoms with E-state index in [0.717, 1.165) is 70.3 Å². The molecule has 1 aromatic carbocycles. The molecule has 0 unspecified atom stereocenters. The van der Waals surface area contributed by atoms with Crippen molar-refractivity contribution in [2.75, 3.05) is 26.2 Å². The Kier molecular flexibility index (Phi) is 7.97. The maximum absolute atomic E-state index is 13.3. The van der Waals surface area contributed by atoms with Crippen LogP contribution in [0.1, 0.15) is 55.8 Å². The molecule has 2 N–H and O–H groups in total. The second-order valence-corrected chi connectivity index (χ2v) is 10.1. The molecule has 1 atom stereocenters. The third-order valence-electron chi connectivity index (χ3n) is 7.82. The molecule has 2 amide bonds. The van der Waals surface area contributed by atoms with E-state index >= 15 is 0 Å². The number of carbonyl (C=O) groups is 2. The fourth-order valence-electron chi connectivity index (χ4n) is 5.40. The van der Waals surface area contributed by atoms with Crippen molar-refractivity contribution in [2.24, 2.45) is 11.3 Å². The van der Waals surface area contributed by atoms with E-state index in [1.807, 2.05) is 23.1 Å². The molecule has 3 fully saturated rings. The van der Waals surface area contributed by atoms with Crippen molar-refractivity contribution >= 4 is 24.2 Å².